The van der Waals surface area contributed by atoms with E-state index in [1.165, 1.54) is 11.1 Å². The minimum atomic E-state index is -0.998. The van der Waals surface area contributed by atoms with E-state index in [1.807, 2.05) is 11.8 Å². The Kier molecular flexibility index (Phi) is 4.39. The van der Waals surface area contributed by atoms with Crippen molar-refractivity contribution in [3.63, 3.8) is 0 Å². The number of aliphatic hydroxyl groups is 1. The van der Waals surface area contributed by atoms with Gasteiger partial charge in [-0.3, -0.25) is 9.78 Å². The molecule has 1 aliphatic rings. The Labute approximate surface area is 140 Å². The van der Waals surface area contributed by atoms with E-state index in [0.717, 1.165) is 5.69 Å². The Morgan fingerprint density at radius 3 is 2.71 bits per heavy atom. The lowest BCUT2D eigenvalue weighted by Crippen LogP contribution is -2.46. The van der Waals surface area contributed by atoms with E-state index < -0.39 is 5.60 Å². The van der Waals surface area contributed by atoms with Crippen LogP contribution in [0.1, 0.15) is 22.6 Å². The molecule has 2 aromatic rings. The summed E-state index contributed by atoms with van der Waals surface area (Å²) in [5.41, 5.74) is 0.0249. The maximum absolute atomic E-state index is 12.4. The van der Waals surface area contributed by atoms with Gasteiger partial charge in [-0.05, 0) is 19.4 Å². The highest BCUT2D eigenvalue weighted by molar-refractivity contribution is 5.91. The van der Waals surface area contributed by atoms with Gasteiger partial charge in [-0.15, -0.1) is 0 Å². The van der Waals surface area contributed by atoms with Gasteiger partial charge < -0.3 is 14.9 Å². The van der Waals surface area contributed by atoms with E-state index in [1.54, 1.807) is 31.7 Å². The molecule has 0 spiro atoms. The van der Waals surface area contributed by atoms with Crippen LogP contribution >= 0.6 is 0 Å². The third-order valence-corrected chi connectivity index (χ3v) is 4.05. The SMILES string of the molecule is Cc1cnc(C(=O)N(C)CC2(O)CCN(c3ncccn3)C2)cn1. The van der Waals surface area contributed by atoms with Gasteiger partial charge in [0.2, 0.25) is 5.95 Å². The van der Waals surface area contributed by atoms with Crippen molar-refractivity contribution in [2.24, 2.45) is 0 Å². The monoisotopic (exact) mass is 328 g/mol. The first kappa shape index (κ1) is 16.3. The lowest BCUT2D eigenvalue weighted by atomic mass is 10.0. The third kappa shape index (κ3) is 3.48. The lowest BCUT2D eigenvalue weighted by molar-refractivity contribution is 0.0261. The average molecular weight is 328 g/mol. The topological polar surface area (TPSA) is 95.3 Å². The van der Waals surface area contributed by atoms with Gasteiger partial charge in [0.05, 0.1) is 25.0 Å². The van der Waals surface area contributed by atoms with Crippen molar-refractivity contribution in [3.05, 3.63) is 42.2 Å². The number of hydrogen-bond acceptors (Lipinski definition) is 7. The second-order valence-corrected chi connectivity index (χ2v) is 6.15. The van der Waals surface area contributed by atoms with E-state index >= 15 is 0 Å². The van der Waals surface area contributed by atoms with Crippen molar-refractivity contribution in [2.75, 3.05) is 31.6 Å². The largest absolute Gasteiger partial charge is 0.386 e. The first-order valence-electron chi connectivity index (χ1n) is 7.75. The summed E-state index contributed by atoms with van der Waals surface area (Å²) in [5, 5.41) is 10.8. The standard InChI is InChI=1S/C16H20N6O2/c1-12-8-20-13(9-19-12)14(23)21(2)10-16(24)4-7-22(11-16)15-17-5-3-6-18-15/h3,5-6,8-9,24H,4,7,10-11H2,1-2H3. The predicted octanol–water partition coefficient (Wildman–Crippen LogP) is 0.288. The molecule has 0 aromatic carbocycles. The zero-order valence-corrected chi connectivity index (χ0v) is 13.8. The van der Waals surface area contributed by atoms with Gasteiger partial charge in [0.1, 0.15) is 11.3 Å². The Bertz CT molecular complexity index is 708. The van der Waals surface area contributed by atoms with Crippen molar-refractivity contribution in [1.29, 1.82) is 0 Å². The summed E-state index contributed by atoms with van der Waals surface area (Å²) in [7, 11) is 1.66. The number of likely N-dealkylation sites (N-methyl/N-ethyl adjacent to an activating group) is 1. The van der Waals surface area contributed by atoms with Crippen LogP contribution in [0.2, 0.25) is 0 Å². The summed E-state index contributed by atoms with van der Waals surface area (Å²) in [6.07, 6.45) is 6.90. The van der Waals surface area contributed by atoms with Crippen molar-refractivity contribution >= 4 is 11.9 Å². The summed E-state index contributed by atoms with van der Waals surface area (Å²) >= 11 is 0. The molecule has 8 nitrogen and oxygen atoms in total. The molecule has 1 saturated heterocycles. The number of rotatable bonds is 4. The van der Waals surface area contributed by atoms with Crippen molar-refractivity contribution in [1.82, 2.24) is 24.8 Å². The molecule has 0 aliphatic carbocycles. The van der Waals surface area contributed by atoms with Crippen LogP contribution in [0.3, 0.4) is 0 Å². The fourth-order valence-corrected chi connectivity index (χ4v) is 2.82. The molecule has 1 N–H and O–H groups in total. The number of β-amino-alcohol motifs (C(OH)–C–C–N with tert-alkyl or cyclic N) is 1. The van der Waals surface area contributed by atoms with Gasteiger partial charge in [-0.2, -0.15) is 0 Å². The number of aromatic nitrogens is 4. The Balaban J connectivity index is 1.64. The van der Waals surface area contributed by atoms with Gasteiger partial charge in [0.25, 0.3) is 5.91 Å². The maximum Gasteiger partial charge on any atom is 0.273 e. The van der Waals surface area contributed by atoms with Crippen molar-refractivity contribution in [3.8, 4) is 0 Å². The highest BCUT2D eigenvalue weighted by Gasteiger charge is 2.39. The molecular formula is C16H20N6O2. The summed E-state index contributed by atoms with van der Waals surface area (Å²) in [6, 6.07) is 1.75. The number of amides is 1. The Morgan fingerprint density at radius 1 is 1.29 bits per heavy atom. The quantitative estimate of drug-likeness (QED) is 0.861. The van der Waals surface area contributed by atoms with Gasteiger partial charge in [0, 0.05) is 32.2 Å². The van der Waals surface area contributed by atoms with Crippen molar-refractivity contribution in [2.45, 2.75) is 18.9 Å². The van der Waals surface area contributed by atoms with Crippen LogP contribution in [0.15, 0.2) is 30.9 Å². The third-order valence-electron chi connectivity index (χ3n) is 4.05. The Hall–Kier alpha value is -2.61. The molecule has 0 bridgehead atoms. The van der Waals surface area contributed by atoms with Gasteiger partial charge in [-0.1, -0.05) is 0 Å². The minimum Gasteiger partial charge on any atom is -0.386 e. The fraction of sp³-hybridized carbons (Fsp3) is 0.438. The molecule has 1 unspecified atom stereocenters. The molecule has 126 valence electrons. The van der Waals surface area contributed by atoms with Crippen LogP contribution in [0.4, 0.5) is 5.95 Å². The molecule has 2 aromatic heterocycles. The first-order chi connectivity index (χ1) is 11.5. The summed E-state index contributed by atoms with van der Waals surface area (Å²) in [4.78, 5) is 32.4. The highest BCUT2D eigenvalue weighted by Crippen LogP contribution is 2.25. The van der Waals surface area contributed by atoms with E-state index in [0.29, 0.717) is 25.5 Å². The van der Waals surface area contributed by atoms with Gasteiger partial charge >= 0.3 is 0 Å². The van der Waals surface area contributed by atoms with Gasteiger partial charge in [-0.25, -0.2) is 15.0 Å². The zero-order chi connectivity index (χ0) is 17.2. The summed E-state index contributed by atoms with van der Waals surface area (Å²) in [5.74, 6) is 0.331. The summed E-state index contributed by atoms with van der Waals surface area (Å²) in [6.45, 7) is 3.05. The molecule has 1 amide bonds. The molecule has 1 atom stereocenters. The van der Waals surface area contributed by atoms with Gasteiger partial charge in [0.15, 0.2) is 0 Å². The van der Waals surface area contributed by atoms with Crippen LogP contribution in [0, 0.1) is 6.92 Å². The molecule has 3 heterocycles. The second kappa shape index (κ2) is 6.48. The summed E-state index contributed by atoms with van der Waals surface area (Å²) < 4.78 is 0. The Morgan fingerprint density at radius 2 is 2.04 bits per heavy atom. The minimum absolute atomic E-state index is 0.213. The van der Waals surface area contributed by atoms with Crippen molar-refractivity contribution < 1.29 is 9.90 Å². The average Bonchev–Trinajstić information content (AvgIpc) is 2.97. The molecule has 0 radical (unpaired) electrons. The molecule has 1 aliphatic heterocycles. The fourth-order valence-electron chi connectivity index (χ4n) is 2.82. The molecule has 0 saturated carbocycles. The molecular weight excluding hydrogens is 308 g/mol. The number of anilines is 1. The lowest BCUT2D eigenvalue weighted by Gasteiger charge is -2.28. The number of aryl methyl sites for hydroxylation is 1. The van der Waals surface area contributed by atoms with Crippen LogP contribution in [-0.4, -0.2) is 68.1 Å². The molecule has 3 rings (SSSR count). The molecule has 1 fully saturated rings. The normalized spacial score (nSPS) is 20.2. The van der Waals surface area contributed by atoms with Crippen LogP contribution in [0.25, 0.3) is 0 Å². The molecule has 24 heavy (non-hydrogen) atoms. The number of carbonyl (C=O) groups excluding carboxylic acids is 1. The molecule has 8 heteroatoms. The van der Waals surface area contributed by atoms with Crippen LogP contribution < -0.4 is 4.90 Å². The van der Waals surface area contributed by atoms with E-state index in [2.05, 4.69) is 19.9 Å². The smallest absolute Gasteiger partial charge is 0.273 e. The predicted molar refractivity (Wildman–Crippen MR) is 87.5 cm³/mol. The number of carbonyl (C=O) groups is 1. The van der Waals surface area contributed by atoms with Crippen LogP contribution in [-0.2, 0) is 0 Å². The van der Waals surface area contributed by atoms with E-state index in [9.17, 15) is 9.90 Å². The van der Waals surface area contributed by atoms with Crippen LogP contribution in [0.5, 0.6) is 0 Å². The maximum atomic E-state index is 12.4. The van der Waals surface area contributed by atoms with E-state index in [4.69, 9.17) is 0 Å². The highest BCUT2D eigenvalue weighted by atomic mass is 16.3. The first-order valence-corrected chi connectivity index (χ1v) is 7.75. The second-order valence-electron chi connectivity index (χ2n) is 6.15. The van der Waals surface area contributed by atoms with E-state index in [-0.39, 0.29) is 18.1 Å². The number of hydrogen-bond donors (Lipinski definition) is 1. The zero-order valence-electron chi connectivity index (χ0n) is 13.8. The number of nitrogens with zero attached hydrogens (tertiary/aromatic N) is 6.